The highest BCUT2D eigenvalue weighted by atomic mass is 35.5. The molecule has 0 amide bonds. The number of likely N-dealkylation sites (tertiary alicyclic amines) is 1. The number of piperidine rings is 1. The fourth-order valence-corrected chi connectivity index (χ4v) is 4.52. The summed E-state index contributed by atoms with van der Waals surface area (Å²) in [7, 11) is 0. The predicted octanol–water partition coefficient (Wildman–Crippen LogP) is 3.26. The van der Waals surface area contributed by atoms with Gasteiger partial charge in [0.25, 0.3) is 0 Å². The minimum Gasteiger partial charge on any atom is -0.312 e. The van der Waals surface area contributed by atoms with Gasteiger partial charge in [-0.05, 0) is 38.1 Å². The number of nitrogens with zero attached hydrogens (tertiary/aromatic N) is 4. The SMILES string of the molecule is Cl.FC(F)(F)c1ccc(CN2CCC(c3nnc4n3CCNC4)CC2)s1. The second kappa shape index (κ2) is 7.84. The molecule has 4 rings (SSSR count). The Kier molecular flexibility index (Phi) is 5.91. The summed E-state index contributed by atoms with van der Waals surface area (Å²) in [5, 5.41) is 12.0. The van der Waals surface area contributed by atoms with Crippen molar-refractivity contribution in [2.24, 2.45) is 0 Å². The molecule has 144 valence electrons. The van der Waals surface area contributed by atoms with E-state index in [0.29, 0.717) is 12.5 Å². The summed E-state index contributed by atoms with van der Waals surface area (Å²) in [4.78, 5) is 2.50. The van der Waals surface area contributed by atoms with Crippen LogP contribution in [0.25, 0.3) is 0 Å². The van der Waals surface area contributed by atoms with Crippen LogP contribution in [-0.2, 0) is 25.8 Å². The average Bonchev–Trinajstić information content (AvgIpc) is 3.22. The number of alkyl halides is 3. The Labute approximate surface area is 160 Å². The molecule has 0 saturated carbocycles. The molecule has 10 heteroatoms. The Balaban J connectivity index is 0.00000196. The van der Waals surface area contributed by atoms with E-state index in [-0.39, 0.29) is 12.4 Å². The fourth-order valence-electron chi connectivity index (χ4n) is 3.60. The van der Waals surface area contributed by atoms with E-state index in [4.69, 9.17) is 0 Å². The van der Waals surface area contributed by atoms with E-state index in [1.165, 1.54) is 6.07 Å². The molecule has 0 aliphatic carbocycles. The fraction of sp³-hybridized carbons (Fsp3) is 0.625. The van der Waals surface area contributed by atoms with Crippen molar-refractivity contribution in [3.8, 4) is 0 Å². The largest absolute Gasteiger partial charge is 0.425 e. The quantitative estimate of drug-likeness (QED) is 0.848. The Morgan fingerprint density at radius 2 is 1.92 bits per heavy atom. The van der Waals surface area contributed by atoms with Gasteiger partial charge >= 0.3 is 6.18 Å². The lowest BCUT2D eigenvalue weighted by Gasteiger charge is -2.31. The van der Waals surface area contributed by atoms with Crippen LogP contribution in [-0.4, -0.2) is 39.3 Å². The zero-order chi connectivity index (χ0) is 17.4. The number of hydrogen-bond donors (Lipinski definition) is 1. The van der Waals surface area contributed by atoms with Crippen LogP contribution in [0, 0.1) is 0 Å². The monoisotopic (exact) mass is 407 g/mol. The van der Waals surface area contributed by atoms with Crippen LogP contribution in [0.4, 0.5) is 13.2 Å². The van der Waals surface area contributed by atoms with Crippen molar-refractivity contribution in [3.63, 3.8) is 0 Å². The van der Waals surface area contributed by atoms with Gasteiger partial charge in [-0.3, -0.25) is 4.90 Å². The summed E-state index contributed by atoms with van der Waals surface area (Å²) < 4.78 is 40.3. The van der Waals surface area contributed by atoms with Crippen LogP contribution in [0.2, 0.25) is 0 Å². The molecule has 1 fully saturated rings. The highest BCUT2D eigenvalue weighted by Crippen LogP contribution is 2.35. The summed E-state index contributed by atoms with van der Waals surface area (Å²) in [5.74, 6) is 2.47. The number of nitrogens with one attached hydrogen (secondary N) is 1. The number of halogens is 4. The van der Waals surface area contributed by atoms with Crippen LogP contribution in [0.1, 0.15) is 40.2 Å². The molecular weight excluding hydrogens is 387 g/mol. The zero-order valence-corrected chi connectivity index (χ0v) is 15.8. The van der Waals surface area contributed by atoms with E-state index in [0.717, 1.165) is 73.4 Å². The first-order valence-corrected chi connectivity index (χ1v) is 9.33. The maximum Gasteiger partial charge on any atom is 0.425 e. The van der Waals surface area contributed by atoms with Crippen molar-refractivity contribution in [2.45, 2.75) is 44.6 Å². The maximum atomic E-state index is 12.7. The topological polar surface area (TPSA) is 46.0 Å². The minimum atomic E-state index is -4.24. The lowest BCUT2D eigenvalue weighted by Crippen LogP contribution is -2.34. The van der Waals surface area contributed by atoms with Gasteiger partial charge in [-0.25, -0.2) is 0 Å². The summed E-state index contributed by atoms with van der Waals surface area (Å²) in [6.45, 7) is 4.97. The van der Waals surface area contributed by atoms with E-state index in [2.05, 4.69) is 25.0 Å². The Morgan fingerprint density at radius 1 is 1.15 bits per heavy atom. The van der Waals surface area contributed by atoms with Crippen molar-refractivity contribution < 1.29 is 13.2 Å². The number of fused-ring (bicyclic) bond motifs is 1. The van der Waals surface area contributed by atoms with Crippen LogP contribution in [0.3, 0.4) is 0 Å². The van der Waals surface area contributed by atoms with Crippen molar-refractivity contribution >= 4 is 23.7 Å². The van der Waals surface area contributed by atoms with E-state index < -0.39 is 11.1 Å². The van der Waals surface area contributed by atoms with Crippen LogP contribution in [0.5, 0.6) is 0 Å². The van der Waals surface area contributed by atoms with Gasteiger partial charge < -0.3 is 9.88 Å². The summed E-state index contributed by atoms with van der Waals surface area (Å²) >= 11 is 0.851. The van der Waals surface area contributed by atoms with E-state index in [1.54, 1.807) is 6.07 Å². The van der Waals surface area contributed by atoms with Crippen molar-refractivity contribution in [3.05, 3.63) is 33.5 Å². The van der Waals surface area contributed by atoms with Gasteiger partial charge in [-0.2, -0.15) is 13.2 Å². The van der Waals surface area contributed by atoms with Gasteiger partial charge in [0.05, 0.1) is 6.54 Å². The van der Waals surface area contributed by atoms with Gasteiger partial charge in [-0.15, -0.1) is 33.9 Å². The van der Waals surface area contributed by atoms with Gasteiger partial charge in [-0.1, -0.05) is 0 Å². The molecule has 26 heavy (non-hydrogen) atoms. The summed E-state index contributed by atoms with van der Waals surface area (Å²) in [6, 6.07) is 2.78. The Hall–Kier alpha value is -1.16. The summed E-state index contributed by atoms with van der Waals surface area (Å²) in [5.41, 5.74) is 0. The number of rotatable bonds is 3. The number of aromatic nitrogens is 3. The van der Waals surface area contributed by atoms with Crippen LogP contribution >= 0.6 is 23.7 Å². The van der Waals surface area contributed by atoms with Crippen molar-refractivity contribution in [2.75, 3.05) is 19.6 Å². The standard InChI is InChI=1S/C16H20F3N5S.ClH/c17-16(18,19)13-2-1-12(25-13)10-23-6-3-11(4-7-23)15-22-21-14-9-20-5-8-24(14)15;/h1-2,11,20H,3-10H2;1H. The first-order valence-electron chi connectivity index (χ1n) is 8.51. The molecule has 0 bridgehead atoms. The third-order valence-corrected chi connectivity index (χ3v) is 6.04. The molecule has 0 radical (unpaired) electrons. The van der Waals surface area contributed by atoms with Gasteiger partial charge in [0.2, 0.25) is 0 Å². The van der Waals surface area contributed by atoms with Crippen LogP contribution < -0.4 is 5.32 Å². The normalized spacial score (nSPS) is 19.2. The Morgan fingerprint density at radius 3 is 2.62 bits per heavy atom. The lowest BCUT2D eigenvalue weighted by molar-refractivity contribution is -0.134. The number of hydrogen-bond acceptors (Lipinski definition) is 5. The highest BCUT2D eigenvalue weighted by Gasteiger charge is 2.33. The van der Waals surface area contributed by atoms with E-state index in [9.17, 15) is 13.2 Å². The third-order valence-electron chi connectivity index (χ3n) is 4.92. The predicted molar refractivity (Wildman–Crippen MR) is 95.5 cm³/mol. The lowest BCUT2D eigenvalue weighted by atomic mass is 9.95. The molecule has 0 unspecified atom stereocenters. The Bertz CT molecular complexity index is 737. The molecule has 2 aliphatic rings. The van der Waals surface area contributed by atoms with Crippen LogP contribution in [0.15, 0.2) is 12.1 Å². The van der Waals surface area contributed by atoms with Gasteiger partial charge in [0, 0.05) is 30.4 Å². The van der Waals surface area contributed by atoms with E-state index >= 15 is 0 Å². The highest BCUT2D eigenvalue weighted by molar-refractivity contribution is 7.12. The average molecular weight is 408 g/mol. The molecule has 2 aromatic rings. The summed E-state index contributed by atoms with van der Waals surface area (Å²) in [6.07, 6.45) is -2.29. The maximum absolute atomic E-state index is 12.7. The molecular formula is C16H21ClF3N5S. The smallest absolute Gasteiger partial charge is 0.312 e. The molecule has 0 aromatic carbocycles. The molecule has 2 aliphatic heterocycles. The minimum absolute atomic E-state index is 0. The molecule has 0 spiro atoms. The zero-order valence-electron chi connectivity index (χ0n) is 14.1. The molecule has 1 saturated heterocycles. The molecule has 0 atom stereocenters. The van der Waals surface area contributed by atoms with E-state index in [1.807, 2.05) is 0 Å². The van der Waals surface area contributed by atoms with Gasteiger partial charge in [0.15, 0.2) is 0 Å². The first-order chi connectivity index (χ1) is 12.0. The molecule has 5 nitrogen and oxygen atoms in total. The molecule has 1 N–H and O–H groups in total. The second-order valence-electron chi connectivity index (χ2n) is 6.62. The van der Waals surface area contributed by atoms with Crippen molar-refractivity contribution in [1.29, 1.82) is 0 Å². The number of thiophene rings is 1. The third kappa shape index (κ3) is 4.05. The van der Waals surface area contributed by atoms with Crippen molar-refractivity contribution in [1.82, 2.24) is 25.0 Å². The first kappa shape index (κ1) is 19.6. The molecule has 4 heterocycles. The van der Waals surface area contributed by atoms with Gasteiger partial charge in [0.1, 0.15) is 16.5 Å². The second-order valence-corrected chi connectivity index (χ2v) is 7.79. The molecule has 2 aromatic heterocycles.